The van der Waals surface area contributed by atoms with Crippen molar-refractivity contribution in [3.8, 4) is 0 Å². The molecular weight excluding hydrogens is 255 g/mol. The predicted molar refractivity (Wildman–Crippen MR) is 75.2 cm³/mol. The Bertz CT molecular complexity index is 761. The van der Waals surface area contributed by atoms with Gasteiger partial charge in [-0.15, -0.1) is 0 Å². The molecule has 1 saturated heterocycles. The highest BCUT2D eigenvalue weighted by molar-refractivity contribution is 5.87. The zero-order valence-corrected chi connectivity index (χ0v) is 10.8. The molecule has 0 spiro atoms. The molecule has 1 fully saturated rings. The van der Waals surface area contributed by atoms with Gasteiger partial charge in [-0.3, -0.25) is 0 Å². The van der Waals surface area contributed by atoms with E-state index in [0.29, 0.717) is 0 Å². The van der Waals surface area contributed by atoms with Crippen LogP contribution in [0.5, 0.6) is 0 Å². The fraction of sp³-hybridized carbons (Fsp3) is 0.200. The maximum absolute atomic E-state index is 13.7. The summed E-state index contributed by atoms with van der Waals surface area (Å²) in [6, 6.07) is 8.97. The largest absolute Gasteiger partial charge is 0.355 e. The van der Waals surface area contributed by atoms with Crippen molar-refractivity contribution in [2.45, 2.75) is 5.92 Å². The van der Waals surface area contributed by atoms with Crippen LogP contribution in [0.2, 0.25) is 0 Å². The summed E-state index contributed by atoms with van der Waals surface area (Å²) in [5, 5.41) is 1.01. The number of hydrogen-bond donors (Lipinski definition) is 1. The Balaban J connectivity index is 1.60. The summed E-state index contributed by atoms with van der Waals surface area (Å²) < 4.78 is 13.7. The van der Waals surface area contributed by atoms with Crippen LogP contribution in [0, 0.1) is 5.82 Å². The minimum Gasteiger partial charge on any atom is -0.355 e. The lowest BCUT2D eigenvalue weighted by molar-refractivity contribution is 0.491. The molecule has 5 heteroatoms. The van der Waals surface area contributed by atoms with Crippen LogP contribution in [0.25, 0.3) is 11.0 Å². The summed E-state index contributed by atoms with van der Waals surface area (Å²) in [6.07, 6.45) is 3.42. The molecule has 100 valence electrons. The summed E-state index contributed by atoms with van der Waals surface area (Å²) >= 11 is 0. The SMILES string of the molecule is Fc1ccccc1C1CN(c2ncnc3[nH]ccc23)C1. The number of halogens is 1. The topological polar surface area (TPSA) is 44.8 Å². The second kappa shape index (κ2) is 4.30. The van der Waals surface area contributed by atoms with Gasteiger partial charge >= 0.3 is 0 Å². The molecule has 0 aliphatic carbocycles. The molecule has 20 heavy (non-hydrogen) atoms. The first-order valence-electron chi connectivity index (χ1n) is 6.60. The fourth-order valence-corrected chi connectivity index (χ4v) is 2.77. The molecule has 1 aliphatic rings. The Hall–Kier alpha value is -2.43. The average molecular weight is 268 g/mol. The van der Waals surface area contributed by atoms with Crippen LogP contribution in [0.4, 0.5) is 10.2 Å². The van der Waals surface area contributed by atoms with Gasteiger partial charge in [0.15, 0.2) is 0 Å². The molecule has 1 N–H and O–H groups in total. The smallest absolute Gasteiger partial charge is 0.142 e. The maximum Gasteiger partial charge on any atom is 0.142 e. The quantitative estimate of drug-likeness (QED) is 0.777. The third-order valence-corrected chi connectivity index (χ3v) is 3.86. The number of aromatic amines is 1. The molecule has 0 saturated carbocycles. The van der Waals surface area contributed by atoms with Gasteiger partial charge in [-0.2, -0.15) is 0 Å². The van der Waals surface area contributed by atoms with E-state index in [2.05, 4.69) is 19.9 Å². The number of benzene rings is 1. The van der Waals surface area contributed by atoms with E-state index >= 15 is 0 Å². The zero-order valence-electron chi connectivity index (χ0n) is 10.8. The minimum atomic E-state index is -0.119. The van der Waals surface area contributed by atoms with Crippen molar-refractivity contribution in [3.63, 3.8) is 0 Å². The van der Waals surface area contributed by atoms with Crippen LogP contribution < -0.4 is 4.90 Å². The molecule has 3 aromatic rings. The molecule has 3 heterocycles. The van der Waals surface area contributed by atoms with Crippen molar-refractivity contribution < 1.29 is 4.39 Å². The zero-order chi connectivity index (χ0) is 13.5. The van der Waals surface area contributed by atoms with Crippen molar-refractivity contribution >= 4 is 16.9 Å². The number of hydrogen-bond acceptors (Lipinski definition) is 3. The van der Waals surface area contributed by atoms with E-state index in [9.17, 15) is 4.39 Å². The first kappa shape index (κ1) is 11.4. The van der Waals surface area contributed by atoms with Crippen molar-refractivity contribution in [3.05, 3.63) is 54.2 Å². The van der Waals surface area contributed by atoms with Crippen LogP contribution in [0.3, 0.4) is 0 Å². The molecule has 4 rings (SSSR count). The number of H-pyrrole nitrogens is 1. The fourth-order valence-electron chi connectivity index (χ4n) is 2.77. The highest BCUT2D eigenvalue weighted by atomic mass is 19.1. The predicted octanol–water partition coefficient (Wildman–Crippen LogP) is 2.70. The summed E-state index contributed by atoms with van der Waals surface area (Å²) in [7, 11) is 0. The van der Waals surface area contributed by atoms with E-state index in [1.165, 1.54) is 6.07 Å². The van der Waals surface area contributed by atoms with Crippen LogP contribution in [-0.4, -0.2) is 28.0 Å². The molecule has 0 bridgehead atoms. The van der Waals surface area contributed by atoms with Crippen LogP contribution in [-0.2, 0) is 0 Å². The van der Waals surface area contributed by atoms with Crippen molar-refractivity contribution in [2.75, 3.05) is 18.0 Å². The molecule has 4 nitrogen and oxygen atoms in total. The van der Waals surface area contributed by atoms with Crippen molar-refractivity contribution in [2.24, 2.45) is 0 Å². The molecule has 0 radical (unpaired) electrons. The Kier molecular flexibility index (Phi) is 2.45. The van der Waals surface area contributed by atoms with Gasteiger partial charge in [0.05, 0.1) is 5.39 Å². The van der Waals surface area contributed by atoms with Crippen LogP contribution in [0.1, 0.15) is 11.5 Å². The lowest BCUT2D eigenvalue weighted by atomic mass is 9.91. The number of aromatic nitrogens is 3. The summed E-state index contributed by atoms with van der Waals surface area (Å²) in [5.41, 5.74) is 1.63. The van der Waals surface area contributed by atoms with E-state index in [1.54, 1.807) is 12.4 Å². The summed E-state index contributed by atoms with van der Waals surface area (Å²) in [4.78, 5) is 13.8. The van der Waals surface area contributed by atoms with Crippen molar-refractivity contribution in [1.29, 1.82) is 0 Å². The lowest BCUT2D eigenvalue weighted by Crippen LogP contribution is -2.45. The van der Waals surface area contributed by atoms with Gasteiger partial charge < -0.3 is 9.88 Å². The van der Waals surface area contributed by atoms with Crippen molar-refractivity contribution in [1.82, 2.24) is 15.0 Å². The van der Waals surface area contributed by atoms with Gasteiger partial charge in [0.1, 0.15) is 23.6 Å². The Labute approximate surface area is 115 Å². The Morgan fingerprint density at radius 2 is 2.00 bits per heavy atom. The standard InChI is InChI=1S/C15H13FN4/c16-13-4-2-1-3-11(13)10-7-20(8-10)15-12-5-6-17-14(12)18-9-19-15/h1-6,9-10H,7-8H2,(H,17,18,19). The molecular formula is C15H13FN4. The highest BCUT2D eigenvalue weighted by Gasteiger charge is 2.31. The van der Waals surface area contributed by atoms with Gasteiger partial charge in [0.25, 0.3) is 0 Å². The number of anilines is 1. The Morgan fingerprint density at radius 1 is 1.15 bits per heavy atom. The molecule has 0 unspecified atom stereocenters. The van der Waals surface area contributed by atoms with E-state index in [1.807, 2.05) is 24.4 Å². The van der Waals surface area contributed by atoms with Gasteiger partial charge in [0.2, 0.25) is 0 Å². The number of fused-ring (bicyclic) bond motifs is 1. The van der Waals surface area contributed by atoms with E-state index in [-0.39, 0.29) is 11.7 Å². The number of rotatable bonds is 2. The van der Waals surface area contributed by atoms with E-state index in [4.69, 9.17) is 0 Å². The number of nitrogens with zero attached hydrogens (tertiary/aromatic N) is 3. The van der Waals surface area contributed by atoms with Gasteiger partial charge in [0, 0.05) is 25.2 Å². The average Bonchev–Trinajstić information content (AvgIpc) is 2.88. The highest BCUT2D eigenvalue weighted by Crippen LogP contribution is 2.34. The lowest BCUT2D eigenvalue weighted by Gasteiger charge is -2.40. The molecule has 1 aliphatic heterocycles. The summed E-state index contributed by atoms with van der Waals surface area (Å²) in [5.74, 6) is 1.04. The second-order valence-electron chi connectivity index (χ2n) is 5.06. The van der Waals surface area contributed by atoms with Gasteiger partial charge in [-0.1, -0.05) is 18.2 Å². The summed E-state index contributed by atoms with van der Waals surface area (Å²) in [6.45, 7) is 1.58. The van der Waals surface area contributed by atoms with E-state index in [0.717, 1.165) is 35.5 Å². The third kappa shape index (κ3) is 1.66. The van der Waals surface area contributed by atoms with E-state index < -0.39 is 0 Å². The third-order valence-electron chi connectivity index (χ3n) is 3.86. The number of nitrogens with one attached hydrogen (secondary N) is 1. The monoisotopic (exact) mass is 268 g/mol. The molecule has 0 atom stereocenters. The second-order valence-corrected chi connectivity index (χ2v) is 5.06. The molecule has 2 aromatic heterocycles. The minimum absolute atomic E-state index is 0.119. The maximum atomic E-state index is 13.7. The van der Waals surface area contributed by atoms with Crippen LogP contribution in [0.15, 0.2) is 42.9 Å². The van der Waals surface area contributed by atoms with Gasteiger partial charge in [-0.05, 0) is 17.7 Å². The normalized spacial score (nSPS) is 15.6. The first-order chi connectivity index (χ1) is 9.83. The molecule has 0 amide bonds. The molecule has 1 aromatic carbocycles. The van der Waals surface area contributed by atoms with Gasteiger partial charge in [-0.25, -0.2) is 14.4 Å². The van der Waals surface area contributed by atoms with Crippen LogP contribution >= 0.6 is 0 Å². The first-order valence-corrected chi connectivity index (χ1v) is 6.60. The Morgan fingerprint density at radius 3 is 2.85 bits per heavy atom.